The second kappa shape index (κ2) is 5.66. The Balaban J connectivity index is 2.55. The van der Waals surface area contributed by atoms with Gasteiger partial charge in [0.1, 0.15) is 6.29 Å². The lowest BCUT2D eigenvalue weighted by Gasteiger charge is -2.16. The Morgan fingerprint density at radius 3 is 1.63 bits per heavy atom. The van der Waals surface area contributed by atoms with E-state index < -0.39 is 5.41 Å². The molecule has 0 atom stereocenters. The number of allylic oxidation sites excluding steroid dienone is 1. The second-order valence-electron chi connectivity index (χ2n) is 5.23. The molecule has 19 heavy (non-hydrogen) atoms. The zero-order chi connectivity index (χ0) is 13.7. The summed E-state index contributed by atoms with van der Waals surface area (Å²) in [5.41, 5.74) is 2.88. The lowest BCUT2D eigenvalue weighted by atomic mass is 9.87. The van der Waals surface area contributed by atoms with Crippen molar-refractivity contribution < 1.29 is 4.79 Å². The largest absolute Gasteiger partial charge is 0.302 e. The normalized spacial score (nSPS) is 10.8. The average Bonchev–Trinajstić information content (AvgIpc) is 2.47. The Morgan fingerprint density at radius 2 is 1.26 bits per heavy atom. The molecule has 0 unspecified atom stereocenters. The topological polar surface area (TPSA) is 17.1 Å². The molecule has 0 aliphatic rings. The third-order valence-electron chi connectivity index (χ3n) is 2.99. The van der Waals surface area contributed by atoms with Crippen LogP contribution in [-0.2, 0) is 4.79 Å². The van der Waals surface area contributed by atoms with Gasteiger partial charge in [-0.1, -0.05) is 66.7 Å². The molecule has 96 valence electrons. The van der Waals surface area contributed by atoms with E-state index in [1.165, 1.54) is 0 Å². The highest BCUT2D eigenvalue weighted by Crippen LogP contribution is 2.28. The smallest absolute Gasteiger partial charge is 0.129 e. The van der Waals surface area contributed by atoms with E-state index in [4.69, 9.17) is 0 Å². The van der Waals surface area contributed by atoms with E-state index >= 15 is 0 Å². The predicted octanol–water partition coefficient (Wildman–Crippen LogP) is 4.34. The number of carbonyl (C=O) groups excluding carboxylic acids is 1. The quantitative estimate of drug-likeness (QED) is 0.737. The van der Waals surface area contributed by atoms with Crippen LogP contribution < -0.4 is 0 Å². The summed E-state index contributed by atoms with van der Waals surface area (Å²) >= 11 is 0. The van der Waals surface area contributed by atoms with Crippen LogP contribution in [0, 0.1) is 5.41 Å². The molecule has 0 aliphatic heterocycles. The van der Waals surface area contributed by atoms with E-state index in [9.17, 15) is 4.79 Å². The minimum atomic E-state index is -0.471. The molecule has 0 saturated heterocycles. The van der Waals surface area contributed by atoms with Gasteiger partial charge < -0.3 is 4.79 Å². The van der Waals surface area contributed by atoms with Crippen LogP contribution in [0.5, 0.6) is 0 Å². The number of benzene rings is 2. The van der Waals surface area contributed by atoms with Crippen LogP contribution in [0.25, 0.3) is 5.57 Å². The maximum Gasteiger partial charge on any atom is 0.129 e. The van der Waals surface area contributed by atoms with E-state index in [1.54, 1.807) is 0 Å². The molecular formula is C18H18O. The molecule has 0 bridgehead atoms. The molecule has 0 radical (unpaired) electrons. The van der Waals surface area contributed by atoms with Crippen molar-refractivity contribution in [3.63, 3.8) is 0 Å². The number of hydrogen-bond donors (Lipinski definition) is 0. The SMILES string of the molecule is CC(C)(C=O)C=C(c1ccccc1)c1ccccc1. The third kappa shape index (κ3) is 3.41. The van der Waals surface area contributed by atoms with Gasteiger partial charge in [0, 0.05) is 5.41 Å². The molecule has 0 heterocycles. The van der Waals surface area contributed by atoms with Crippen molar-refractivity contribution in [2.24, 2.45) is 5.41 Å². The van der Waals surface area contributed by atoms with Gasteiger partial charge in [-0.25, -0.2) is 0 Å². The van der Waals surface area contributed by atoms with Crippen molar-refractivity contribution in [1.82, 2.24) is 0 Å². The van der Waals surface area contributed by atoms with Crippen molar-refractivity contribution in [3.05, 3.63) is 77.9 Å². The van der Waals surface area contributed by atoms with Crippen LogP contribution in [-0.4, -0.2) is 6.29 Å². The Kier molecular flexibility index (Phi) is 3.96. The molecule has 2 aromatic rings. The van der Waals surface area contributed by atoms with Gasteiger partial charge in [-0.15, -0.1) is 0 Å². The molecule has 1 nitrogen and oxygen atoms in total. The maximum absolute atomic E-state index is 11.2. The lowest BCUT2D eigenvalue weighted by molar-refractivity contribution is -0.112. The van der Waals surface area contributed by atoms with Gasteiger partial charge in [-0.2, -0.15) is 0 Å². The summed E-state index contributed by atoms with van der Waals surface area (Å²) in [7, 11) is 0. The number of hydrogen-bond acceptors (Lipinski definition) is 1. The summed E-state index contributed by atoms with van der Waals surface area (Å²) in [6.45, 7) is 3.84. The first-order chi connectivity index (χ1) is 9.12. The molecule has 0 saturated carbocycles. The van der Waals surface area contributed by atoms with E-state index in [0.717, 1.165) is 23.0 Å². The number of rotatable bonds is 4. The number of aldehydes is 1. The van der Waals surface area contributed by atoms with Crippen molar-refractivity contribution in [1.29, 1.82) is 0 Å². The molecule has 2 aromatic carbocycles. The molecule has 0 aliphatic carbocycles. The molecule has 0 amide bonds. The standard InChI is InChI=1S/C18H18O/c1-18(2,14-19)13-17(15-9-5-3-6-10-15)16-11-7-4-8-12-16/h3-14H,1-2H3. The van der Waals surface area contributed by atoms with Crippen molar-refractivity contribution in [3.8, 4) is 0 Å². The van der Waals surface area contributed by atoms with Crippen LogP contribution in [0.4, 0.5) is 0 Å². The number of carbonyl (C=O) groups is 1. The van der Waals surface area contributed by atoms with Gasteiger partial charge in [-0.3, -0.25) is 0 Å². The minimum Gasteiger partial charge on any atom is -0.302 e. The summed E-state index contributed by atoms with van der Waals surface area (Å²) in [6.07, 6.45) is 3.02. The zero-order valence-corrected chi connectivity index (χ0v) is 11.3. The first kappa shape index (κ1) is 13.3. The summed E-state index contributed by atoms with van der Waals surface area (Å²) in [5, 5.41) is 0. The molecular weight excluding hydrogens is 232 g/mol. The van der Waals surface area contributed by atoms with Crippen LogP contribution in [0.1, 0.15) is 25.0 Å². The van der Waals surface area contributed by atoms with Gasteiger partial charge in [0.25, 0.3) is 0 Å². The van der Waals surface area contributed by atoms with Gasteiger partial charge in [0.05, 0.1) is 0 Å². The van der Waals surface area contributed by atoms with Crippen molar-refractivity contribution >= 4 is 11.9 Å². The van der Waals surface area contributed by atoms with Gasteiger partial charge in [0.2, 0.25) is 0 Å². The first-order valence-corrected chi connectivity index (χ1v) is 6.42. The fourth-order valence-electron chi connectivity index (χ4n) is 1.97. The van der Waals surface area contributed by atoms with E-state index in [-0.39, 0.29) is 0 Å². The predicted molar refractivity (Wildman–Crippen MR) is 79.8 cm³/mol. The first-order valence-electron chi connectivity index (χ1n) is 6.42. The molecule has 0 spiro atoms. The highest BCUT2D eigenvalue weighted by Gasteiger charge is 2.16. The highest BCUT2D eigenvalue weighted by molar-refractivity contribution is 5.82. The highest BCUT2D eigenvalue weighted by atomic mass is 16.1. The van der Waals surface area contributed by atoms with Crippen LogP contribution in [0.3, 0.4) is 0 Å². The third-order valence-corrected chi connectivity index (χ3v) is 2.99. The molecule has 0 aromatic heterocycles. The van der Waals surface area contributed by atoms with Crippen LogP contribution in [0.2, 0.25) is 0 Å². The fraction of sp³-hybridized carbons (Fsp3) is 0.167. The maximum atomic E-state index is 11.2. The van der Waals surface area contributed by atoms with E-state index in [1.807, 2.05) is 56.3 Å². The van der Waals surface area contributed by atoms with Crippen LogP contribution >= 0.6 is 0 Å². The Bertz CT molecular complexity index is 524. The molecule has 1 heteroatoms. The molecule has 0 N–H and O–H groups in total. The zero-order valence-electron chi connectivity index (χ0n) is 11.3. The van der Waals surface area contributed by atoms with Crippen molar-refractivity contribution in [2.45, 2.75) is 13.8 Å². The summed E-state index contributed by atoms with van der Waals surface area (Å²) < 4.78 is 0. The summed E-state index contributed by atoms with van der Waals surface area (Å²) in [6, 6.07) is 20.3. The van der Waals surface area contributed by atoms with Gasteiger partial charge >= 0.3 is 0 Å². The van der Waals surface area contributed by atoms with Crippen LogP contribution in [0.15, 0.2) is 66.7 Å². The summed E-state index contributed by atoms with van der Waals surface area (Å²) in [5.74, 6) is 0. The van der Waals surface area contributed by atoms with Gasteiger partial charge in [0.15, 0.2) is 0 Å². The van der Waals surface area contributed by atoms with Crippen molar-refractivity contribution in [2.75, 3.05) is 0 Å². The van der Waals surface area contributed by atoms with E-state index in [2.05, 4.69) is 24.3 Å². The second-order valence-corrected chi connectivity index (χ2v) is 5.23. The Labute approximate surface area is 114 Å². The fourth-order valence-corrected chi connectivity index (χ4v) is 1.97. The monoisotopic (exact) mass is 250 g/mol. The molecule has 0 fully saturated rings. The average molecular weight is 250 g/mol. The molecule has 2 rings (SSSR count). The minimum absolute atomic E-state index is 0.471. The van der Waals surface area contributed by atoms with Gasteiger partial charge in [-0.05, 0) is 30.5 Å². The summed E-state index contributed by atoms with van der Waals surface area (Å²) in [4.78, 5) is 11.2. The van der Waals surface area contributed by atoms with E-state index in [0.29, 0.717) is 0 Å². The Morgan fingerprint density at radius 1 is 0.842 bits per heavy atom. The lowest BCUT2D eigenvalue weighted by Crippen LogP contribution is -2.10. The Hall–Kier alpha value is -2.15.